The molecule has 1 N–H and O–H groups in total. The standard InChI is InChI=1S/C25H24N2O3/c1-3-15-29-24-6-4-5-21(16-24)17-26-27-25(28)22-11-13-23(14-12-22)30-18-20-9-7-19(2)8-10-20/h3-14,16-17H,1,15,18H2,2H3,(H,27,28). The fourth-order valence-electron chi connectivity index (χ4n) is 2.62. The Morgan fingerprint density at radius 2 is 1.77 bits per heavy atom. The third kappa shape index (κ3) is 6.34. The minimum atomic E-state index is -0.296. The largest absolute Gasteiger partial charge is 0.490 e. The molecule has 30 heavy (non-hydrogen) atoms. The first kappa shape index (κ1) is 20.9. The van der Waals surface area contributed by atoms with E-state index in [1.807, 2.05) is 43.3 Å². The zero-order valence-electron chi connectivity index (χ0n) is 16.9. The molecule has 0 atom stereocenters. The van der Waals surface area contributed by atoms with Gasteiger partial charge in [-0.05, 0) is 54.4 Å². The van der Waals surface area contributed by atoms with E-state index in [0.717, 1.165) is 11.1 Å². The molecule has 0 unspecified atom stereocenters. The molecular formula is C25H24N2O3. The van der Waals surface area contributed by atoms with Crippen molar-refractivity contribution in [2.75, 3.05) is 6.61 Å². The molecule has 3 rings (SSSR count). The van der Waals surface area contributed by atoms with Crippen molar-refractivity contribution >= 4 is 12.1 Å². The summed E-state index contributed by atoms with van der Waals surface area (Å²) in [6.07, 6.45) is 3.25. The Morgan fingerprint density at radius 1 is 1.00 bits per heavy atom. The minimum absolute atomic E-state index is 0.296. The molecule has 3 aromatic carbocycles. The number of benzene rings is 3. The third-order valence-electron chi connectivity index (χ3n) is 4.25. The van der Waals surface area contributed by atoms with Gasteiger partial charge in [0.15, 0.2) is 0 Å². The molecule has 0 heterocycles. The lowest BCUT2D eigenvalue weighted by Gasteiger charge is -2.07. The Kier molecular flexibility index (Phi) is 7.39. The van der Waals surface area contributed by atoms with Crippen LogP contribution in [0, 0.1) is 6.92 Å². The van der Waals surface area contributed by atoms with E-state index in [1.165, 1.54) is 5.56 Å². The molecule has 0 radical (unpaired) electrons. The summed E-state index contributed by atoms with van der Waals surface area (Å²) < 4.78 is 11.2. The number of aryl methyl sites for hydroxylation is 1. The van der Waals surface area contributed by atoms with Crippen molar-refractivity contribution in [3.05, 3.63) is 108 Å². The van der Waals surface area contributed by atoms with Crippen LogP contribution >= 0.6 is 0 Å². The minimum Gasteiger partial charge on any atom is -0.490 e. The average molecular weight is 400 g/mol. The van der Waals surface area contributed by atoms with Gasteiger partial charge in [-0.1, -0.05) is 54.6 Å². The quantitative estimate of drug-likeness (QED) is 0.316. The van der Waals surface area contributed by atoms with Crippen LogP contribution in [0.5, 0.6) is 11.5 Å². The van der Waals surface area contributed by atoms with Crippen molar-refractivity contribution in [3.8, 4) is 11.5 Å². The lowest BCUT2D eigenvalue weighted by atomic mass is 10.2. The van der Waals surface area contributed by atoms with Gasteiger partial charge in [-0.3, -0.25) is 4.79 Å². The van der Waals surface area contributed by atoms with E-state index in [0.29, 0.717) is 30.3 Å². The third-order valence-corrected chi connectivity index (χ3v) is 4.25. The molecule has 0 aromatic heterocycles. The smallest absolute Gasteiger partial charge is 0.271 e. The molecule has 5 nitrogen and oxygen atoms in total. The van der Waals surface area contributed by atoms with Crippen LogP contribution in [0.4, 0.5) is 0 Å². The maximum Gasteiger partial charge on any atom is 0.271 e. The monoisotopic (exact) mass is 400 g/mol. The van der Waals surface area contributed by atoms with E-state index in [1.54, 1.807) is 36.6 Å². The Balaban J connectivity index is 1.51. The summed E-state index contributed by atoms with van der Waals surface area (Å²) in [7, 11) is 0. The molecule has 0 saturated heterocycles. The first-order valence-electron chi connectivity index (χ1n) is 9.59. The zero-order valence-corrected chi connectivity index (χ0v) is 16.9. The second-order valence-corrected chi connectivity index (χ2v) is 6.67. The molecule has 152 valence electrons. The van der Waals surface area contributed by atoms with Gasteiger partial charge in [0.05, 0.1) is 6.21 Å². The van der Waals surface area contributed by atoms with Crippen LogP contribution in [0.15, 0.2) is 90.6 Å². The number of hydrogen-bond donors (Lipinski definition) is 1. The summed E-state index contributed by atoms with van der Waals surface area (Å²) in [6.45, 7) is 6.58. The fourth-order valence-corrected chi connectivity index (χ4v) is 2.62. The Labute approximate surface area is 176 Å². The second-order valence-electron chi connectivity index (χ2n) is 6.67. The van der Waals surface area contributed by atoms with Crippen LogP contribution in [0.1, 0.15) is 27.0 Å². The fraction of sp³-hybridized carbons (Fsp3) is 0.120. The van der Waals surface area contributed by atoms with Crippen molar-refractivity contribution < 1.29 is 14.3 Å². The van der Waals surface area contributed by atoms with Gasteiger partial charge in [0, 0.05) is 5.56 Å². The maximum absolute atomic E-state index is 12.3. The summed E-state index contributed by atoms with van der Waals surface area (Å²) in [5, 5.41) is 4.01. The summed E-state index contributed by atoms with van der Waals surface area (Å²) >= 11 is 0. The van der Waals surface area contributed by atoms with Crippen molar-refractivity contribution in [1.29, 1.82) is 0 Å². The topological polar surface area (TPSA) is 59.9 Å². The van der Waals surface area contributed by atoms with Gasteiger partial charge in [0.25, 0.3) is 5.91 Å². The van der Waals surface area contributed by atoms with Gasteiger partial charge < -0.3 is 9.47 Å². The molecule has 0 fully saturated rings. The van der Waals surface area contributed by atoms with Crippen LogP contribution in [0.25, 0.3) is 0 Å². The van der Waals surface area contributed by atoms with Crippen molar-refractivity contribution in [2.24, 2.45) is 5.10 Å². The molecule has 3 aromatic rings. The Bertz CT molecular complexity index is 1010. The predicted molar refractivity (Wildman–Crippen MR) is 119 cm³/mol. The molecule has 0 aliphatic carbocycles. The van der Waals surface area contributed by atoms with Gasteiger partial charge in [-0.2, -0.15) is 5.10 Å². The van der Waals surface area contributed by atoms with E-state index < -0.39 is 0 Å². The summed E-state index contributed by atoms with van der Waals surface area (Å²) in [4.78, 5) is 12.3. The van der Waals surface area contributed by atoms with Crippen molar-refractivity contribution in [3.63, 3.8) is 0 Å². The average Bonchev–Trinajstić information content (AvgIpc) is 2.78. The number of ether oxygens (including phenoxy) is 2. The molecule has 1 amide bonds. The molecule has 0 aliphatic heterocycles. The number of amides is 1. The van der Waals surface area contributed by atoms with Crippen LogP contribution < -0.4 is 14.9 Å². The maximum atomic E-state index is 12.3. The number of hydrogen-bond acceptors (Lipinski definition) is 4. The van der Waals surface area contributed by atoms with E-state index in [4.69, 9.17) is 9.47 Å². The van der Waals surface area contributed by atoms with Gasteiger partial charge >= 0.3 is 0 Å². The number of nitrogens with zero attached hydrogens (tertiary/aromatic N) is 1. The van der Waals surface area contributed by atoms with Crippen LogP contribution in [0.3, 0.4) is 0 Å². The van der Waals surface area contributed by atoms with Crippen LogP contribution in [-0.2, 0) is 6.61 Å². The van der Waals surface area contributed by atoms with E-state index in [-0.39, 0.29) is 5.91 Å². The number of carbonyl (C=O) groups excluding carboxylic acids is 1. The summed E-state index contributed by atoms with van der Waals surface area (Å²) in [5.41, 5.74) is 6.15. The normalized spacial score (nSPS) is 10.6. The van der Waals surface area contributed by atoms with Gasteiger partial charge in [-0.15, -0.1) is 0 Å². The molecule has 0 bridgehead atoms. The van der Waals surface area contributed by atoms with Gasteiger partial charge in [-0.25, -0.2) is 5.43 Å². The Hall–Kier alpha value is -3.86. The highest BCUT2D eigenvalue weighted by molar-refractivity contribution is 5.95. The second kappa shape index (κ2) is 10.6. The number of carbonyl (C=O) groups is 1. The van der Waals surface area contributed by atoms with Crippen molar-refractivity contribution in [1.82, 2.24) is 5.43 Å². The van der Waals surface area contributed by atoms with Crippen LogP contribution in [0.2, 0.25) is 0 Å². The molecule has 5 heteroatoms. The first-order valence-corrected chi connectivity index (χ1v) is 9.59. The van der Waals surface area contributed by atoms with Crippen molar-refractivity contribution in [2.45, 2.75) is 13.5 Å². The van der Waals surface area contributed by atoms with E-state index in [9.17, 15) is 4.79 Å². The summed E-state index contributed by atoms with van der Waals surface area (Å²) in [5.74, 6) is 1.12. The number of hydrazone groups is 1. The lowest BCUT2D eigenvalue weighted by molar-refractivity contribution is 0.0955. The summed E-state index contributed by atoms with van der Waals surface area (Å²) in [6, 6.07) is 22.6. The highest BCUT2D eigenvalue weighted by Gasteiger charge is 2.05. The van der Waals surface area contributed by atoms with Gasteiger partial charge in [0.1, 0.15) is 24.7 Å². The molecule has 0 saturated carbocycles. The first-order chi connectivity index (χ1) is 14.6. The highest BCUT2D eigenvalue weighted by atomic mass is 16.5. The van der Waals surface area contributed by atoms with Gasteiger partial charge in [0.2, 0.25) is 0 Å². The lowest BCUT2D eigenvalue weighted by Crippen LogP contribution is -2.17. The number of rotatable bonds is 9. The highest BCUT2D eigenvalue weighted by Crippen LogP contribution is 2.15. The molecule has 0 spiro atoms. The van der Waals surface area contributed by atoms with E-state index in [2.05, 4.69) is 29.2 Å². The Morgan fingerprint density at radius 3 is 2.50 bits per heavy atom. The number of nitrogens with one attached hydrogen (secondary N) is 1. The zero-order chi connectivity index (χ0) is 21.2. The SMILES string of the molecule is C=CCOc1cccc(C=NNC(=O)c2ccc(OCc3ccc(C)cc3)cc2)c1. The van der Waals surface area contributed by atoms with E-state index >= 15 is 0 Å². The van der Waals surface area contributed by atoms with Crippen LogP contribution in [-0.4, -0.2) is 18.7 Å². The predicted octanol–water partition coefficient (Wildman–Crippen LogP) is 4.90. The molecular weight excluding hydrogens is 376 g/mol. The molecule has 0 aliphatic rings.